The quantitative estimate of drug-likeness (QED) is 0.107. The predicted molar refractivity (Wildman–Crippen MR) is 197 cm³/mol. The van der Waals surface area contributed by atoms with Gasteiger partial charge >= 0.3 is 0 Å². The minimum atomic E-state index is -0.740. The normalized spacial score (nSPS) is 21.4. The Morgan fingerprint density at radius 1 is 0.569 bits per heavy atom. The van der Waals surface area contributed by atoms with E-state index in [0.717, 1.165) is 27.8 Å². The maximum atomic E-state index is 10.7. The molecule has 1 heterocycles. The first kappa shape index (κ1) is 36.2. The van der Waals surface area contributed by atoms with Crippen LogP contribution < -0.4 is 5.32 Å². The molecular weight excluding hydrogens is 636 g/mol. The van der Waals surface area contributed by atoms with Crippen LogP contribution in [0.1, 0.15) is 40.8 Å². The van der Waals surface area contributed by atoms with Crippen LogP contribution in [-0.2, 0) is 50.1 Å². The molecule has 5 aromatic rings. The second-order valence-electron chi connectivity index (χ2n) is 12.8. The molecular formula is C44H46N2O5. The number of nitrogens with zero attached hydrogens (tertiary/aromatic N) is 1. The molecule has 5 aromatic carbocycles. The van der Waals surface area contributed by atoms with Crippen molar-refractivity contribution in [2.24, 2.45) is 0 Å². The van der Waals surface area contributed by atoms with Gasteiger partial charge in [0.15, 0.2) is 0 Å². The zero-order chi connectivity index (χ0) is 35.1. The molecule has 0 aliphatic carbocycles. The third-order valence-electron chi connectivity index (χ3n) is 9.12. The van der Waals surface area contributed by atoms with E-state index in [-0.39, 0.29) is 12.6 Å². The predicted octanol–water partition coefficient (Wildman–Crippen LogP) is 7.97. The third kappa shape index (κ3) is 10.4. The molecule has 0 amide bonds. The first-order valence-corrected chi connectivity index (χ1v) is 17.6. The monoisotopic (exact) mass is 682 g/mol. The molecule has 1 aliphatic rings. The van der Waals surface area contributed by atoms with Crippen molar-refractivity contribution in [3.63, 3.8) is 0 Å². The summed E-state index contributed by atoms with van der Waals surface area (Å²) >= 11 is 0. The first-order valence-electron chi connectivity index (χ1n) is 17.6. The van der Waals surface area contributed by atoms with Crippen molar-refractivity contribution in [1.29, 1.82) is 5.26 Å². The van der Waals surface area contributed by atoms with E-state index in [2.05, 4.69) is 30.4 Å². The minimum Gasteiger partial charge on any atom is -0.374 e. The molecule has 1 saturated heterocycles. The number of rotatable bonds is 17. The third-order valence-corrected chi connectivity index (χ3v) is 9.12. The van der Waals surface area contributed by atoms with Crippen LogP contribution in [0.3, 0.4) is 0 Å². The number of benzene rings is 5. The van der Waals surface area contributed by atoms with Crippen molar-refractivity contribution < 1.29 is 23.7 Å². The Kier molecular flexibility index (Phi) is 13.5. The summed E-state index contributed by atoms with van der Waals surface area (Å²) in [5.41, 5.74) is 5.18. The fourth-order valence-electron chi connectivity index (χ4n) is 6.41. The fourth-order valence-corrected chi connectivity index (χ4v) is 6.41. The second-order valence-corrected chi connectivity index (χ2v) is 12.8. The molecule has 0 bridgehead atoms. The van der Waals surface area contributed by atoms with Crippen LogP contribution in [0.5, 0.6) is 0 Å². The van der Waals surface area contributed by atoms with Crippen LogP contribution in [-0.4, -0.2) is 43.2 Å². The van der Waals surface area contributed by atoms with Gasteiger partial charge in [0.2, 0.25) is 0 Å². The van der Waals surface area contributed by atoms with Gasteiger partial charge in [-0.15, -0.1) is 0 Å². The SMILES string of the molecule is C[C@H](NC(C#N)[C@H]1O[C@H](COCc2ccccc2)[C@@H](OCc2ccccc2)[C@H](OCc2ccccc2)[C@H]1OCc1ccccc1)c1ccccc1. The number of hydrogen-bond donors (Lipinski definition) is 1. The lowest BCUT2D eigenvalue weighted by molar-refractivity contribution is -0.275. The minimum absolute atomic E-state index is 0.127. The number of hydrogen-bond acceptors (Lipinski definition) is 7. The van der Waals surface area contributed by atoms with Crippen molar-refractivity contribution in [2.75, 3.05) is 6.61 Å². The summed E-state index contributed by atoms with van der Waals surface area (Å²) < 4.78 is 33.7. The summed E-state index contributed by atoms with van der Waals surface area (Å²) in [4.78, 5) is 0. The van der Waals surface area contributed by atoms with Crippen molar-refractivity contribution in [3.8, 4) is 6.07 Å². The highest BCUT2D eigenvalue weighted by Gasteiger charge is 2.51. The lowest BCUT2D eigenvalue weighted by atomic mass is 9.90. The van der Waals surface area contributed by atoms with E-state index in [9.17, 15) is 5.26 Å². The zero-order valence-electron chi connectivity index (χ0n) is 29.0. The van der Waals surface area contributed by atoms with Crippen LogP contribution >= 0.6 is 0 Å². The van der Waals surface area contributed by atoms with Gasteiger partial charge in [-0.25, -0.2) is 0 Å². The highest BCUT2D eigenvalue weighted by molar-refractivity contribution is 5.21. The summed E-state index contributed by atoms with van der Waals surface area (Å²) in [6.45, 7) is 3.67. The van der Waals surface area contributed by atoms with Crippen molar-refractivity contribution in [1.82, 2.24) is 5.32 Å². The van der Waals surface area contributed by atoms with Gasteiger partial charge in [-0.05, 0) is 34.7 Å². The summed E-state index contributed by atoms with van der Waals surface area (Å²) in [6.07, 6.45) is -3.13. The van der Waals surface area contributed by atoms with Gasteiger partial charge in [0.25, 0.3) is 0 Å². The van der Waals surface area contributed by atoms with Gasteiger partial charge in [-0.3, -0.25) is 5.32 Å². The summed E-state index contributed by atoms with van der Waals surface area (Å²) in [5.74, 6) is 0. The van der Waals surface area contributed by atoms with E-state index in [1.54, 1.807) is 0 Å². The van der Waals surface area contributed by atoms with Crippen LogP contribution in [0.4, 0.5) is 0 Å². The molecule has 7 heteroatoms. The Hall–Kier alpha value is -4.65. The number of nitriles is 1. The molecule has 51 heavy (non-hydrogen) atoms. The van der Waals surface area contributed by atoms with Gasteiger partial charge in [-0.1, -0.05) is 152 Å². The Morgan fingerprint density at radius 3 is 1.45 bits per heavy atom. The van der Waals surface area contributed by atoms with Crippen LogP contribution in [0.2, 0.25) is 0 Å². The van der Waals surface area contributed by atoms with E-state index in [1.807, 2.05) is 140 Å². The summed E-state index contributed by atoms with van der Waals surface area (Å²) in [6, 6.07) is 51.9. The number of nitrogens with one attached hydrogen (secondary N) is 1. The molecule has 1 unspecified atom stereocenters. The lowest BCUT2D eigenvalue weighted by Crippen LogP contribution is -2.65. The van der Waals surface area contributed by atoms with Crippen LogP contribution in [0.15, 0.2) is 152 Å². The Morgan fingerprint density at radius 2 is 0.980 bits per heavy atom. The van der Waals surface area contributed by atoms with Crippen LogP contribution in [0.25, 0.3) is 0 Å². The van der Waals surface area contributed by atoms with E-state index in [1.165, 1.54) is 0 Å². The Bertz CT molecular complexity index is 1740. The van der Waals surface area contributed by atoms with E-state index >= 15 is 0 Å². The highest BCUT2D eigenvalue weighted by Crippen LogP contribution is 2.33. The topological polar surface area (TPSA) is 82.0 Å². The first-order chi connectivity index (χ1) is 25.2. The van der Waals surface area contributed by atoms with Crippen molar-refractivity contribution in [2.45, 2.75) is 76.0 Å². The molecule has 1 aliphatic heterocycles. The molecule has 7 nitrogen and oxygen atoms in total. The zero-order valence-corrected chi connectivity index (χ0v) is 29.0. The molecule has 0 radical (unpaired) electrons. The molecule has 0 aromatic heterocycles. The summed E-state index contributed by atoms with van der Waals surface area (Å²) in [7, 11) is 0. The van der Waals surface area contributed by atoms with Gasteiger partial charge in [0.05, 0.1) is 39.1 Å². The largest absolute Gasteiger partial charge is 0.374 e. The smallest absolute Gasteiger partial charge is 0.125 e. The maximum Gasteiger partial charge on any atom is 0.125 e. The van der Waals surface area contributed by atoms with Crippen molar-refractivity contribution >= 4 is 0 Å². The van der Waals surface area contributed by atoms with E-state index < -0.39 is 36.6 Å². The van der Waals surface area contributed by atoms with E-state index in [0.29, 0.717) is 26.4 Å². The molecule has 1 fully saturated rings. The van der Waals surface area contributed by atoms with Crippen LogP contribution in [0, 0.1) is 11.3 Å². The molecule has 6 rings (SSSR count). The molecule has 0 saturated carbocycles. The molecule has 262 valence electrons. The average molecular weight is 683 g/mol. The van der Waals surface area contributed by atoms with Gasteiger partial charge in [0.1, 0.15) is 36.6 Å². The van der Waals surface area contributed by atoms with Gasteiger partial charge < -0.3 is 23.7 Å². The standard InChI is InChI=1S/C44H46N2O5/c1-33(38-25-15-6-16-26-38)46-39(27-45)41-43(49-30-36-21-11-4-12-22-36)44(50-31-37-23-13-5-14-24-37)42(48-29-35-19-9-3-10-20-35)40(51-41)32-47-28-34-17-7-2-8-18-34/h2-26,33,39-44,46H,28-32H2,1H3/t33-,39?,40+,41+,42+,43-,44-/m0/s1. The highest BCUT2D eigenvalue weighted by atomic mass is 16.6. The van der Waals surface area contributed by atoms with Crippen molar-refractivity contribution in [3.05, 3.63) is 179 Å². The maximum absolute atomic E-state index is 10.7. The lowest BCUT2D eigenvalue weighted by Gasteiger charge is -2.47. The molecule has 7 atom stereocenters. The van der Waals surface area contributed by atoms with E-state index in [4.69, 9.17) is 23.7 Å². The Labute approximate surface area is 301 Å². The fraction of sp³-hybridized carbons (Fsp3) is 0.295. The summed E-state index contributed by atoms with van der Waals surface area (Å²) in [5, 5.41) is 14.3. The second kappa shape index (κ2) is 19.1. The average Bonchev–Trinajstić information content (AvgIpc) is 3.19. The molecule has 1 N–H and O–H groups in total. The van der Waals surface area contributed by atoms with Gasteiger partial charge in [-0.2, -0.15) is 5.26 Å². The van der Waals surface area contributed by atoms with Gasteiger partial charge in [0, 0.05) is 6.04 Å². The molecule has 0 spiro atoms. The Balaban J connectivity index is 1.34. The number of ether oxygens (including phenoxy) is 5.